The molecule has 3 heterocycles. The highest BCUT2D eigenvalue weighted by molar-refractivity contribution is 5.73. The Morgan fingerprint density at radius 1 is 0.970 bits per heavy atom. The van der Waals surface area contributed by atoms with Crippen LogP contribution in [0.2, 0.25) is 0 Å². The van der Waals surface area contributed by atoms with Crippen LogP contribution in [0.15, 0.2) is 36.7 Å². The maximum absolute atomic E-state index is 12.1. The van der Waals surface area contributed by atoms with Gasteiger partial charge >= 0.3 is 6.01 Å². The van der Waals surface area contributed by atoms with Gasteiger partial charge in [-0.15, -0.1) is 0 Å². The monoisotopic (exact) mass is 449 g/mol. The third kappa shape index (κ3) is 4.13. The van der Waals surface area contributed by atoms with Crippen molar-refractivity contribution in [2.75, 3.05) is 26.3 Å². The highest BCUT2D eigenvalue weighted by Gasteiger charge is 2.53. The first-order chi connectivity index (χ1) is 16.1. The Morgan fingerprint density at radius 3 is 2.42 bits per heavy atom. The van der Waals surface area contributed by atoms with Gasteiger partial charge in [0.05, 0.1) is 41.7 Å². The van der Waals surface area contributed by atoms with Gasteiger partial charge in [0.2, 0.25) is 5.88 Å². The summed E-state index contributed by atoms with van der Waals surface area (Å²) in [6, 6.07) is 8.22. The molecule has 1 aromatic carbocycles. The van der Waals surface area contributed by atoms with E-state index in [9.17, 15) is 5.11 Å². The van der Waals surface area contributed by atoms with Gasteiger partial charge in [0.25, 0.3) is 0 Å². The summed E-state index contributed by atoms with van der Waals surface area (Å²) in [6.45, 7) is 7.04. The topological polar surface area (TPSA) is 93.5 Å². The van der Waals surface area contributed by atoms with Crippen molar-refractivity contribution in [2.45, 2.75) is 45.3 Å². The van der Waals surface area contributed by atoms with Gasteiger partial charge in [-0.1, -0.05) is 18.6 Å². The molecule has 1 N–H and O–H groups in total. The van der Waals surface area contributed by atoms with Crippen molar-refractivity contribution >= 4 is 11.0 Å². The smallest absolute Gasteiger partial charge is 0.319 e. The maximum atomic E-state index is 12.1. The van der Waals surface area contributed by atoms with Crippen LogP contribution in [-0.2, 0) is 12.1 Å². The minimum atomic E-state index is -1.01. The fourth-order valence-corrected chi connectivity index (χ4v) is 5.48. The first-order valence-corrected chi connectivity index (χ1v) is 11.9. The Balaban J connectivity index is 1.41. The van der Waals surface area contributed by atoms with Crippen LogP contribution < -0.4 is 9.47 Å². The lowest BCUT2D eigenvalue weighted by Crippen LogP contribution is -2.58. The van der Waals surface area contributed by atoms with Crippen molar-refractivity contribution in [1.29, 1.82) is 0 Å². The molecule has 0 amide bonds. The Morgan fingerprint density at radius 2 is 1.70 bits per heavy atom. The van der Waals surface area contributed by atoms with Crippen molar-refractivity contribution in [3.8, 4) is 11.9 Å². The van der Waals surface area contributed by atoms with E-state index in [0.717, 1.165) is 55.6 Å². The van der Waals surface area contributed by atoms with E-state index in [2.05, 4.69) is 19.9 Å². The van der Waals surface area contributed by atoms with Crippen molar-refractivity contribution in [3.63, 3.8) is 0 Å². The van der Waals surface area contributed by atoms with Gasteiger partial charge in [-0.2, -0.15) is 4.98 Å². The number of para-hydroxylation sites is 2. The van der Waals surface area contributed by atoms with E-state index in [1.165, 1.54) is 0 Å². The molecule has 0 radical (unpaired) electrons. The number of fused-ring (bicyclic) bond motifs is 3. The minimum Gasteiger partial charge on any atom is -0.478 e. The number of rotatable bonds is 7. The van der Waals surface area contributed by atoms with Gasteiger partial charge in [-0.3, -0.25) is 9.88 Å². The summed E-state index contributed by atoms with van der Waals surface area (Å²) in [6.07, 6.45) is 6.59. The second-order valence-electron chi connectivity index (χ2n) is 8.93. The van der Waals surface area contributed by atoms with Crippen molar-refractivity contribution in [3.05, 3.63) is 47.9 Å². The first-order valence-electron chi connectivity index (χ1n) is 11.9. The highest BCUT2D eigenvalue weighted by atomic mass is 16.5. The van der Waals surface area contributed by atoms with Gasteiger partial charge in [-0.25, -0.2) is 9.97 Å². The predicted octanol–water partition coefficient (Wildman–Crippen LogP) is 3.34. The van der Waals surface area contributed by atoms with Gasteiger partial charge in [-0.05, 0) is 38.8 Å². The molecule has 3 aromatic rings. The molecule has 0 spiro atoms. The largest absolute Gasteiger partial charge is 0.478 e. The number of hydrogen-bond donors (Lipinski definition) is 1. The van der Waals surface area contributed by atoms with Gasteiger partial charge in [0.15, 0.2) is 0 Å². The zero-order chi connectivity index (χ0) is 22.8. The summed E-state index contributed by atoms with van der Waals surface area (Å²) in [5.41, 5.74) is 2.45. The lowest BCUT2D eigenvalue weighted by molar-refractivity contribution is -0.150. The molecular weight excluding hydrogens is 418 g/mol. The number of nitrogens with zero attached hydrogens (tertiary/aromatic N) is 5. The van der Waals surface area contributed by atoms with Crippen LogP contribution in [-0.4, -0.2) is 56.2 Å². The molecule has 5 rings (SSSR count). The normalized spacial score (nSPS) is 25.2. The van der Waals surface area contributed by atoms with Crippen LogP contribution in [0.1, 0.15) is 44.4 Å². The van der Waals surface area contributed by atoms with E-state index < -0.39 is 5.60 Å². The molecule has 8 nitrogen and oxygen atoms in total. The van der Waals surface area contributed by atoms with Crippen LogP contribution in [0.3, 0.4) is 0 Å². The van der Waals surface area contributed by atoms with E-state index >= 15 is 0 Å². The Kier molecular flexibility index (Phi) is 6.12. The quantitative estimate of drug-likeness (QED) is 0.587. The molecule has 2 aliphatic rings. The molecule has 2 fully saturated rings. The first kappa shape index (κ1) is 22.0. The number of piperidine rings is 1. The van der Waals surface area contributed by atoms with E-state index in [4.69, 9.17) is 14.5 Å². The zero-order valence-electron chi connectivity index (χ0n) is 19.3. The van der Waals surface area contributed by atoms with Crippen molar-refractivity contribution in [1.82, 2.24) is 24.8 Å². The van der Waals surface area contributed by atoms with Crippen LogP contribution >= 0.6 is 0 Å². The number of aromatic nitrogens is 4. The molecule has 1 saturated carbocycles. The van der Waals surface area contributed by atoms with E-state index in [-0.39, 0.29) is 17.8 Å². The molecule has 1 saturated heterocycles. The molecule has 1 aliphatic carbocycles. The fraction of sp³-hybridized carbons (Fsp3) is 0.520. The van der Waals surface area contributed by atoms with Gasteiger partial charge in [0.1, 0.15) is 5.60 Å². The SMILES string of the molecule is CCOc1ncc(C2(O)C3CCCC2CN(Cc2cnc4ccccc4n2)C3)c(OCC)n1. The number of ether oxygens (including phenoxy) is 2. The third-order valence-electron chi connectivity index (χ3n) is 6.91. The van der Waals surface area contributed by atoms with E-state index in [1.54, 1.807) is 6.20 Å². The molecular formula is C25H31N5O3. The molecule has 2 atom stereocenters. The average molecular weight is 450 g/mol. The fourth-order valence-electron chi connectivity index (χ4n) is 5.48. The summed E-state index contributed by atoms with van der Waals surface area (Å²) >= 11 is 0. The Bertz CT molecular complexity index is 1110. The molecule has 2 aromatic heterocycles. The molecule has 2 unspecified atom stereocenters. The number of hydrogen-bond acceptors (Lipinski definition) is 8. The lowest BCUT2D eigenvalue weighted by Gasteiger charge is -2.53. The Hall–Kier alpha value is -2.84. The van der Waals surface area contributed by atoms with E-state index in [0.29, 0.717) is 24.7 Å². The van der Waals surface area contributed by atoms with Crippen LogP contribution in [0.4, 0.5) is 0 Å². The second kappa shape index (κ2) is 9.19. The molecule has 174 valence electrons. The lowest BCUT2D eigenvalue weighted by atomic mass is 9.63. The minimum absolute atomic E-state index is 0.0687. The molecule has 1 aliphatic heterocycles. The summed E-state index contributed by atoms with van der Waals surface area (Å²) < 4.78 is 11.3. The second-order valence-corrected chi connectivity index (χ2v) is 8.93. The number of aliphatic hydroxyl groups is 1. The maximum Gasteiger partial charge on any atom is 0.319 e. The average Bonchev–Trinajstić information content (AvgIpc) is 2.80. The molecule has 2 bridgehead atoms. The Labute approximate surface area is 194 Å². The summed E-state index contributed by atoms with van der Waals surface area (Å²) in [5.74, 6) is 0.572. The number of likely N-dealkylation sites (tertiary alicyclic amines) is 1. The van der Waals surface area contributed by atoms with Gasteiger partial charge < -0.3 is 14.6 Å². The van der Waals surface area contributed by atoms with Crippen molar-refractivity contribution in [2.24, 2.45) is 11.8 Å². The van der Waals surface area contributed by atoms with Crippen LogP contribution in [0.25, 0.3) is 11.0 Å². The number of benzene rings is 1. The highest BCUT2D eigenvalue weighted by Crippen LogP contribution is 2.51. The van der Waals surface area contributed by atoms with Crippen molar-refractivity contribution < 1.29 is 14.6 Å². The summed E-state index contributed by atoms with van der Waals surface area (Å²) in [7, 11) is 0. The summed E-state index contributed by atoms with van der Waals surface area (Å²) in [4.78, 5) is 20.6. The standard InChI is InChI=1S/C25H31N5O3/c1-3-32-23-20(13-27-24(29-23)33-4-2)25(31)17-8-7-9-18(25)15-30(14-17)16-19-12-26-21-10-5-6-11-22(21)28-19/h5-6,10-13,17-18,31H,3-4,7-9,14-16H2,1-2H3. The third-order valence-corrected chi connectivity index (χ3v) is 6.91. The van der Waals surface area contributed by atoms with Crippen LogP contribution in [0.5, 0.6) is 11.9 Å². The zero-order valence-corrected chi connectivity index (χ0v) is 19.3. The van der Waals surface area contributed by atoms with E-state index in [1.807, 2.05) is 44.3 Å². The van der Waals surface area contributed by atoms with Gasteiger partial charge in [0, 0.05) is 37.7 Å². The molecule has 33 heavy (non-hydrogen) atoms. The van der Waals surface area contributed by atoms with Crippen LogP contribution in [0, 0.1) is 11.8 Å². The summed E-state index contributed by atoms with van der Waals surface area (Å²) in [5, 5.41) is 12.1. The predicted molar refractivity (Wildman–Crippen MR) is 124 cm³/mol. The molecule has 8 heteroatoms.